The van der Waals surface area contributed by atoms with Crippen LogP contribution < -0.4 is 9.47 Å². The van der Waals surface area contributed by atoms with Crippen LogP contribution in [0.3, 0.4) is 0 Å². The van der Waals surface area contributed by atoms with E-state index >= 15 is 0 Å². The molecule has 2 aromatic heterocycles. The van der Waals surface area contributed by atoms with Crippen LogP contribution in [-0.4, -0.2) is 36.8 Å². The molecule has 6 nitrogen and oxygen atoms in total. The van der Waals surface area contributed by atoms with Crippen LogP contribution in [0.25, 0.3) is 33.5 Å². The fraction of sp³-hybridized carbons (Fsp3) is 0.0769. The molecule has 0 saturated heterocycles. The van der Waals surface area contributed by atoms with E-state index in [1.54, 1.807) is 30.5 Å². The Morgan fingerprint density at radius 1 is 0.765 bits per heavy atom. The van der Waals surface area contributed by atoms with Gasteiger partial charge in [0, 0.05) is 34.6 Å². The molecule has 34 heavy (non-hydrogen) atoms. The monoisotopic (exact) mass is 492 g/mol. The van der Waals surface area contributed by atoms with Gasteiger partial charge in [-0.05, 0) is 29.8 Å². The molecule has 0 saturated carbocycles. The topological polar surface area (TPSA) is 78.4 Å². The van der Waals surface area contributed by atoms with Gasteiger partial charge in [-0.25, -0.2) is 4.98 Å². The highest BCUT2D eigenvalue weighted by atomic mass is 35.5. The van der Waals surface area contributed by atoms with E-state index in [0.29, 0.717) is 55.8 Å². The van der Waals surface area contributed by atoms with E-state index in [2.05, 4.69) is 9.97 Å². The number of aldehydes is 2. The molecule has 0 aliphatic rings. The van der Waals surface area contributed by atoms with Crippen molar-refractivity contribution in [3.63, 3.8) is 0 Å². The fourth-order valence-electron chi connectivity index (χ4n) is 3.63. The van der Waals surface area contributed by atoms with Crippen molar-refractivity contribution in [1.29, 1.82) is 0 Å². The molecular weight excluding hydrogens is 475 g/mol. The van der Waals surface area contributed by atoms with Crippen LogP contribution in [-0.2, 0) is 0 Å². The largest absolute Gasteiger partial charge is 0.496 e. The number of nitrogens with zero attached hydrogens (tertiary/aromatic N) is 2. The van der Waals surface area contributed by atoms with Crippen LogP contribution in [0.5, 0.6) is 11.5 Å². The summed E-state index contributed by atoms with van der Waals surface area (Å²) in [5, 5.41) is 0.854. The molecule has 2 aromatic carbocycles. The molecule has 0 bridgehead atoms. The lowest BCUT2D eigenvalue weighted by molar-refractivity contribution is 0.111. The van der Waals surface area contributed by atoms with E-state index in [4.69, 9.17) is 32.7 Å². The van der Waals surface area contributed by atoms with Crippen molar-refractivity contribution < 1.29 is 19.1 Å². The molecule has 0 radical (unpaired) electrons. The Bertz CT molecular complexity index is 1300. The smallest absolute Gasteiger partial charge is 0.172 e. The summed E-state index contributed by atoms with van der Waals surface area (Å²) in [5.74, 6) is 0.780. The number of methoxy groups -OCH3 is 2. The quantitative estimate of drug-likeness (QED) is 0.276. The number of hydrogen-bond donors (Lipinski definition) is 0. The van der Waals surface area contributed by atoms with Crippen molar-refractivity contribution in [2.45, 2.75) is 0 Å². The maximum absolute atomic E-state index is 11.2. The number of carbonyl (C=O) groups excluding carboxylic acids is 2. The summed E-state index contributed by atoms with van der Waals surface area (Å²) < 4.78 is 10.6. The van der Waals surface area contributed by atoms with E-state index in [9.17, 15) is 9.59 Å². The van der Waals surface area contributed by atoms with Gasteiger partial charge in [0.1, 0.15) is 17.2 Å². The number of benzene rings is 2. The van der Waals surface area contributed by atoms with Gasteiger partial charge in [-0.2, -0.15) is 0 Å². The highest BCUT2D eigenvalue weighted by Gasteiger charge is 2.18. The summed E-state index contributed by atoms with van der Waals surface area (Å²) in [6.07, 6.45) is 4.51. The van der Waals surface area contributed by atoms with Gasteiger partial charge in [-0.3, -0.25) is 14.6 Å². The van der Waals surface area contributed by atoms with Gasteiger partial charge in [0.25, 0.3) is 0 Å². The zero-order valence-electron chi connectivity index (χ0n) is 18.2. The highest BCUT2D eigenvalue weighted by Crippen LogP contribution is 2.42. The summed E-state index contributed by atoms with van der Waals surface area (Å²) in [5.41, 5.74) is 4.62. The Balaban J connectivity index is 1.83. The van der Waals surface area contributed by atoms with E-state index in [-0.39, 0.29) is 5.69 Å². The maximum atomic E-state index is 11.2. The molecule has 8 heteroatoms. The minimum Gasteiger partial charge on any atom is -0.496 e. The number of aromatic nitrogens is 2. The average Bonchev–Trinajstić information content (AvgIpc) is 2.88. The van der Waals surface area contributed by atoms with Crippen molar-refractivity contribution in [2.75, 3.05) is 14.2 Å². The third-order valence-electron chi connectivity index (χ3n) is 5.34. The molecule has 2 heterocycles. The lowest BCUT2D eigenvalue weighted by atomic mass is 9.97. The lowest BCUT2D eigenvalue weighted by Gasteiger charge is -2.14. The van der Waals surface area contributed by atoms with E-state index < -0.39 is 0 Å². The zero-order valence-corrected chi connectivity index (χ0v) is 19.7. The van der Waals surface area contributed by atoms with Crippen molar-refractivity contribution in [2.24, 2.45) is 0 Å². The number of hydrogen-bond acceptors (Lipinski definition) is 6. The second-order valence-electron chi connectivity index (χ2n) is 7.19. The van der Waals surface area contributed by atoms with Gasteiger partial charge < -0.3 is 9.47 Å². The number of halogens is 2. The Morgan fingerprint density at radius 3 is 2.18 bits per heavy atom. The normalized spacial score (nSPS) is 10.6. The number of rotatable bonds is 7. The molecule has 170 valence electrons. The number of pyridine rings is 2. The SMILES string of the molecule is COc1cc(-c2cccc(-c3ccnc(-c4cnc(C=O)c(OC)c4)c3Cl)c2Cl)ccc1C=O. The van der Waals surface area contributed by atoms with Crippen LogP contribution in [0.15, 0.2) is 60.9 Å². The Morgan fingerprint density at radius 2 is 1.47 bits per heavy atom. The van der Waals surface area contributed by atoms with Gasteiger partial charge in [0.15, 0.2) is 12.6 Å². The number of carbonyl (C=O) groups is 2. The summed E-state index contributed by atoms with van der Waals surface area (Å²) in [6.45, 7) is 0. The second-order valence-corrected chi connectivity index (χ2v) is 7.95. The molecule has 0 unspecified atom stereocenters. The molecule has 0 aliphatic heterocycles. The minimum atomic E-state index is 0.185. The average molecular weight is 493 g/mol. The van der Waals surface area contributed by atoms with E-state index in [0.717, 1.165) is 17.4 Å². The summed E-state index contributed by atoms with van der Waals surface area (Å²) in [7, 11) is 2.97. The van der Waals surface area contributed by atoms with Gasteiger partial charge in [-0.15, -0.1) is 0 Å². The molecule has 0 atom stereocenters. The van der Waals surface area contributed by atoms with Gasteiger partial charge >= 0.3 is 0 Å². The lowest BCUT2D eigenvalue weighted by Crippen LogP contribution is -1.96. The molecule has 0 spiro atoms. The summed E-state index contributed by atoms with van der Waals surface area (Å²) >= 11 is 13.6. The predicted molar refractivity (Wildman–Crippen MR) is 132 cm³/mol. The Hall–Kier alpha value is -3.74. The molecule has 4 rings (SSSR count). The van der Waals surface area contributed by atoms with Crippen LogP contribution in [0.1, 0.15) is 20.8 Å². The maximum Gasteiger partial charge on any atom is 0.172 e. The third kappa shape index (κ3) is 4.25. The molecular formula is C26H18Cl2N2O4. The zero-order chi connectivity index (χ0) is 24.2. The first kappa shape index (κ1) is 23.4. The van der Waals surface area contributed by atoms with Crippen molar-refractivity contribution in [3.05, 3.63) is 82.2 Å². The van der Waals surface area contributed by atoms with Crippen LogP contribution in [0.4, 0.5) is 0 Å². The first-order valence-electron chi connectivity index (χ1n) is 10.1. The first-order chi connectivity index (χ1) is 16.5. The molecule has 0 N–H and O–H groups in total. The molecule has 4 aromatic rings. The van der Waals surface area contributed by atoms with E-state index in [1.165, 1.54) is 20.4 Å². The number of ether oxygens (including phenoxy) is 2. The Labute approximate surface area is 206 Å². The third-order valence-corrected chi connectivity index (χ3v) is 6.13. The standard InChI is InChI=1S/C26H18Cl2N2O4/c1-33-22-10-15(6-7-16(22)13-31)18-4-3-5-19(24(18)27)20-8-9-29-26(25(20)28)17-11-23(34-2)21(14-32)30-12-17/h3-14H,1-2H3. The molecule has 0 fully saturated rings. The fourth-order valence-corrected chi connectivity index (χ4v) is 4.29. The van der Waals surface area contributed by atoms with E-state index in [1.807, 2.05) is 24.3 Å². The van der Waals surface area contributed by atoms with Crippen molar-refractivity contribution in [1.82, 2.24) is 9.97 Å². The van der Waals surface area contributed by atoms with Gasteiger partial charge in [0.2, 0.25) is 0 Å². The first-order valence-corrected chi connectivity index (χ1v) is 10.8. The van der Waals surface area contributed by atoms with Crippen LogP contribution in [0.2, 0.25) is 10.0 Å². The van der Waals surface area contributed by atoms with Gasteiger partial charge in [-0.1, -0.05) is 47.5 Å². The predicted octanol–water partition coefficient (Wildman–Crippen LogP) is 6.43. The van der Waals surface area contributed by atoms with Crippen molar-refractivity contribution in [3.8, 4) is 45.0 Å². The molecule has 0 amide bonds. The highest BCUT2D eigenvalue weighted by molar-refractivity contribution is 6.39. The Kier molecular flexibility index (Phi) is 6.91. The van der Waals surface area contributed by atoms with Gasteiger partial charge in [0.05, 0.1) is 35.5 Å². The second kappa shape index (κ2) is 10.0. The molecule has 0 aliphatic carbocycles. The summed E-state index contributed by atoms with van der Waals surface area (Å²) in [6, 6.07) is 14.3. The minimum absolute atomic E-state index is 0.185. The summed E-state index contributed by atoms with van der Waals surface area (Å²) in [4.78, 5) is 31.0. The van der Waals surface area contributed by atoms with Crippen molar-refractivity contribution >= 4 is 35.8 Å². The van der Waals surface area contributed by atoms with Crippen LogP contribution >= 0.6 is 23.2 Å². The van der Waals surface area contributed by atoms with Crippen LogP contribution in [0, 0.1) is 0 Å².